The van der Waals surface area contributed by atoms with Crippen molar-refractivity contribution < 1.29 is 9.53 Å². The van der Waals surface area contributed by atoms with Crippen LogP contribution in [0.2, 0.25) is 0 Å². The molecular weight excluding hydrogens is 326 g/mol. The van der Waals surface area contributed by atoms with E-state index in [9.17, 15) is 4.79 Å². The topological polar surface area (TPSA) is 58.2 Å². The van der Waals surface area contributed by atoms with Crippen LogP contribution >= 0.6 is 0 Å². The van der Waals surface area contributed by atoms with Gasteiger partial charge in [0, 0.05) is 24.7 Å². The molecule has 0 amide bonds. The molecule has 2 aromatic rings. The zero-order valence-corrected chi connectivity index (χ0v) is 16.0. The Morgan fingerprint density at radius 2 is 2.12 bits per heavy atom. The summed E-state index contributed by atoms with van der Waals surface area (Å²) < 4.78 is 4.76. The summed E-state index contributed by atoms with van der Waals surface area (Å²) in [4.78, 5) is 14.1. The third-order valence-corrected chi connectivity index (χ3v) is 5.07. The lowest BCUT2D eigenvalue weighted by molar-refractivity contribution is 0.0600. The molecule has 2 heterocycles. The second kappa shape index (κ2) is 8.49. The SMILES string of the molecule is COC(=O)c1ccc(CN2CCC[C@H](c3[nH]ncc3CC(C)C)C2)cc1. The number of hydrogen-bond donors (Lipinski definition) is 1. The largest absolute Gasteiger partial charge is 0.465 e. The van der Waals surface area contributed by atoms with E-state index in [1.165, 1.54) is 36.8 Å². The van der Waals surface area contributed by atoms with Crippen molar-refractivity contribution in [1.82, 2.24) is 15.1 Å². The van der Waals surface area contributed by atoms with Gasteiger partial charge in [-0.15, -0.1) is 0 Å². The van der Waals surface area contributed by atoms with Crippen molar-refractivity contribution in [2.24, 2.45) is 5.92 Å². The molecule has 0 aliphatic carbocycles. The smallest absolute Gasteiger partial charge is 0.337 e. The van der Waals surface area contributed by atoms with Crippen molar-refractivity contribution in [3.8, 4) is 0 Å². The van der Waals surface area contributed by atoms with Gasteiger partial charge in [-0.1, -0.05) is 26.0 Å². The van der Waals surface area contributed by atoms with E-state index in [1.807, 2.05) is 30.5 Å². The van der Waals surface area contributed by atoms with E-state index in [4.69, 9.17) is 4.74 Å². The Hall–Kier alpha value is -2.14. The Balaban J connectivity index is 1.64. The van der Waals surface area contributed by atoms with Gasteiger partial charge in [-0.2, -0.15) is 5.10 Å². The maximum Gasteiger partial charge on any atom is 0.337 e. The molecular formula is C21H29N3O2. The number of likely N-dealkylation sites (tertiary alicyclic amines) is 1. The van der Waals surface area contributed by atoms with Crippen LogP contribution in [0, 0.1) is 5.92 Å². The van der Waals surface area contributed by atoms with Gasteiger partial charge < -0.3 is 4.74 Å². The maximum atomic E-state index is 11.6. The molecule has 3 rings (SSSR count). The molecule has 1 fully saturated rings. The van der Waals surface area contributed by atoms with Gasteiger partial charge in [0.15, 0.2) is 0 Å². The lowest BCUT2D eigenvalue weighted by Crippen LogP contribution is -2.34. The molecule has 5 heteroatoms. The molecule has 1 aliphatic rings. The first-order chi connectivity index (χ1) is 12.6. The molecule has 1 aliphatic heterocycles. The van der Waals surface area contributed by atoms with Crippen LogP contribution in [0.25, 0.3) is 0 Å². The highest BCUT2D eigenvalue weighted by Crippen LogP contribution is 2.29. The molecule has 1 saturated heterocycles. The van der Waals surface area contributed by atoms with Crippen molar-refractivity contribution in [3.63, 3.8) is 0 Å². The maximum absolute atomic E-state index is 11.6. The number of rotatable bonds is 6. The van der Waals surface area contributed by atoms with Gasteiger partial charge in [0.1, 0.15) is 0 Å². The Morgan fingerprint density at radius 3 is 2.81 bits per heavy atom. The standard InChI is InChI=1S/C21H29N3O2/c1-15(2)11-19-12-22-23-20(19)18-5-4-10-24(14-18)13-16-6-8-17(9-7-16)21(25)26-3/h6-9,12,15,18H,4-5,10-11,13-14H2,1-3H3,(H,22,23)/t18-/m0/s1. The molecule has 0 bridgehead atoms. The first-order valence-corrected chi connectivity index (χ1v) is 9.48. The highest BCUT2D eigenvalue weighted by atomic mass is 16.5. The summed E-state index contributed by atoms with van der Waals surface area (Å²) in [6, 6.07) is 7.74. The number of methoxy groups -OCH3 is 1. The molecule has 5 nitrogen and oxygen atoms in total. The summed E-state index contributed by atoms with van der Waals surface area (Å²) in [7, 11) is 1.41. The van der Waals surface area contributed by atoms with E-state index in [0.29, 0.717) is 17.4 Å². The lowest BCUT2D eigenvalue weighted by atomic mass is 9.90. The molecule has 1 N–H and O–H groups in total. The summed E-state index contributed by atoms with van der Waals surface area (Å²) in [5.74, 6) is 0.875. The fraction of sp³-hybridized carbons (Fsp3) is 0.524. The fourth-order valence-corrected chi connectivity index (χ4v) is 3.83. The zero-order chi connectivity index (χ0) is 18.5. The molecule has 1 aromatic heterocycles. The van der Waals surface area contributed by atoms with Crippen LogP contribution in [-0.4, -0.2) is 41.3 Å². The second-order valence-corrected chi connectivity index (χ2v) is 7.67. The normalized spacial score (nSPS) is 18.2. The average Bonchev–Trinajstić information content (AvgIpc) is 3.09. The second-order valence-electron chi connectivity index (χ2n) is 7.67. The van der Waals surface area contributed by atoms with E-state index in [-0.39, 0.29) is 5.97 Å². The van der Waals surface area contributed by atoms with Gasteiger partial charge in [0.2, 0.25) is 0 Å². The number of benzene rings is 1. The number of ether oxygens (including phenoxy) is 1. The van der Waals surface area contributed by atoms with Crippen LogP contribution in [-0.2, 0) is 17.7 Å². The van der Waals surface area contributed by atoms with Gasteiger partial charge in [0.25, 0.3) is 0 Å². The van der Waals surface area contributed by atoms with Crippen molar-refractivity contribution in [1.29, 1.82) is 0 Å². The van der Waals surface area contributed by atoms with Crippen LogP contribution in [0.4, 0.5) is 0 Å². The van der Waals surface area contributed by atoms with Crippen molar-refractivity contribution in [3.05, 3.63) is 52.8 Å². The Kier molecular flexibility index (Phi) is 6.09. The molecule has 0 unspecified atom stereocenters. The fourth-order valence-electron chi connectivity index (χ4n) is 3.83. The van der Waals surface area contributed by atoms with E-state index in [1.54, 1.807) is 0 Å². The van der Waals surface area contributed by atoms with E-state index >= 15 is 0 Å². The number of carbonyl (C=O) groups is 1. The van der Waals surface area contributed by atoms with E-state index in [0.717, 1.165) is 26.1 Å². The minimum Gasteiger partial charge on any atom is -0.465 e. The van der Waals surface area contributed by atoms with Crippen LogP contribution in [0.3, 0.4) is 0 Å². The van der Waals surface area contributed by atoms with E-state index in [2.05, 4.69) is 28.9 Å². The first-order valence-electron chi connectivity index (χ1n) is 9.48. The third kappa shape index (κ3) is 4.52. The number of esters is 1. The van der Waals surface area contributed by atoms with E-state index < -0.39 is 0 Å². The lowest BCUT2D eigenvalue weighted by Gasteiger charge is -2.32. The Bertz CT molecular complexity index is 721. The predicted octanol–water partition coefficient (Wildman–Crippen LogP) is 3.77. The quantitative estimate of drug-likeness (QED) is 0.801. The minimum absolute atomic E-state index is 0.286. The average molecular weight is 355 g/mol. The molecule has 26 heavy (non-hydrogen) atoms. The van der Waals surface area contributed by atoms with Gasteiger partial charge in [0.05, 0.1) is 18.9 Å². The molecule has 0 radical (unpaired) electrons. The van der Waals surface area contributed by atoms with Crippen LogP contribution in [0.15, 0.2) is 30.5 Å². The first kappa shape index (κ1) is 18.6. The predicted molar refractivity (Wildman–Crippen MR) is 102 cm³/mol. The van der Waals surface area contributed by atoms with Crippen molar-refractivity contribution in [2.45, 2.75) is 45.6 Å². The Labute approximate surface area is 155 Å². The summed E-state index contributed by atoms with van der Waals surface area (Å²) >= 11 is 0. The molecule has 1 atom stereocenters. The number of aromatic nitrogens is 2. The van der Waals surface area contributed by atoms with Gasteiger partial charge in [-0.05, 0) is 55.0 Å². The number of piperidine rings is 1. The molecule has 0 spiro atoms. The number of nitrogens with zero attached hydrogens (tertiary/aromatic N) is 2. The highest BCUT2D eigenvalue weighted by Gasteiger charge is 2.25. The number of nitrogens with one attached hydrogen (secondary N) is 1. The number of H-pyrrole nitrogens is 1. The summed E-state index contributed by atoms with van der Waals surface area (Å²) in [6.07, 6.45) is 5.49. The van der Waals surface area contributed by atoms with Crippen molar-refractivity contribution in [2.75, 3.05) is 20.2 Å². The van der Waals surface area contributed by atoms with Gasteiger partial charge in [-0.3, -0.25) is 10.00 Å². The number of carbonyl (C=O) groups excluding carboxylic acids is 1. The monoisotopic (exact) mass is 355 g/mol. The van der Waals surface area contributed by atoms with Crippen LogP contribution in [0.5, 0.6) is 0 Å². The summed E-state index contributed by atoms with van der Waals surface area (Å²) in [5, 5.41) is 7.57. The van der Waals surface area contributed by atoms with Crippen LogP contribution < -0.4 is 0 Å². The van der Waals surface area contributed by atoms with Gasteiger partial charge in [-0.25, -0.2) is 4.79 Å². The summed E-state index contributed by atoms with van der Waals surface area (Å²) in [6.45, 7) is 7.57. The number of hydrogen-bond acceptors (Lipinski definition) is 4. The minimum atomic E-state index is -0.286. The summed E-state index contributed by atoms with van der Waals surface area (Å²) in [5.41, 5.74) is 4.52. The number of aromatic amines is 1. The zero-order valence-electron chi connectivity index (χ0n) is 16.0. The molecule has 1 aromatic carbocycles. The molecule has 140 valence electrons. The molecule has 0 saturated carbocycles. The van der Waals surface area contributed by atoms with Gasteiger partial charge >= 0.3 is 5.97 Å². The third-order valence-electron chi connectivity index (χ3n) is 5.07. The Morgan fingerprint density at radius 1 is 1.35 bits per heavy atom. The van der Waals surface area contributed by atoms with Crippen molar-refractivity contribution >= 4 is 5.97 Å². The van der Waals surface area contributed by atoms with Crippen LogP contribution in [0.1, 0.15) is 59.8 Å². The highest BCUT2D eigenvalue weighted by molar-refractivity contribution is 5.89.